The Balaban J connectivity index is 1.95. The molecule has 0 amide bonds. The molecular formula is C9H13N3O2S. The molecule has 0 atom stereocenters. The standard InChI is InChI=1S/C9H13N3O2S/c10-9-4-1-7(5-11-9)6-12-15(13,14)8-2-3-8/h1,4-5,8,12H,2-3,6H2,(H2,10,11). The van der Waals surface area contributed by atoms with Gasteiger partial charge in [-0.15, -0.1) is 0 Å². The van der Waals surface area contributed by atoms with Crippen molar-refractivity contribution < 1.29 is 8.42 Å². The van der Waals surface area contributed by atoms with Crippen molar-refractivity contribution in [1.29, 1.82) is 0 Å². The minimum Gasteiger partial charge on any atom is -0.384 e. The first kappa shape index (κ1) is 10.4. The SMILES string of the molecule is Nc1ccc(CNS(=O)(=O)C2CC2)cn1. The summed E-state index contributed by atoms with van der Waals surface area (Å²) in [6.45, 7) is 0.284. The molecule has 3 N–H and O–H groups in total. The van der Waals surface area contributed by atoms with Crippen molar-refractivity contribution in [2.24, 2.45) is 0 Å². The number of rotatable bonds is 4. The number of sulfonamides is 1. The van der Waals surface area contributed by atoms with Crippen LogP contribution in [0.2, 0.25) is 0 Å². The topological polar surface area (TPSA) is 85.1 Å². The first-order chi connectivity index (χ1) is 7.08. The van der Waals surface area contributed by atoms with Gasteiger partial charge in [-0.05, 0) is 24.5 Å². The van der Waals surface area contributed by atoms with E-state index in [2.05, 4.69) is 9.71 Å². The van der Waals surface area contributed by atoms with Gasteiger partial charge in [-0.1, -0.05) is 6.07 Å². The van der Waals surface area contributed by atoms with Gasteiger partial charge in [-0.25, -0.2) is 18.1 Å². The molecular weight excluding hydrogens is 214 g/mol. The van der Waals surface area contributed by atoms with Gasteiger partial charge in [0.2, 0.25) is 10.0 Å². The lowest BCUT2D eigenvalue weighted by atomic mass is 10.3. The monoisotopic (exact) mass is 227 g/mol. The molecule has 1 aromatic rings. The summed E-state index contributed by atoms with van der Waals surface area (Å²) in [6, 6.07) is 3.42. The lowest BCUT2D eigenvalue weighted by Crippen LogP contribution is -2.26. The average Bonchev–Trinajstić information content (AvgIpc) is 3.00. The van der Waals surface area contributed by atoms with Gasteiger partial charge in [0.15, 0.2) is 0 Å². The number of nitrogens with zero attached hydrogens (tertiary/aromatic N) is 1. The highest BCUT2D eigenvalue weighted by atomic mass is 32.2. The van der Waals surface area contributed by atoms with Gasteiger partial charge in [0, 0.05) is 12.7 Å². The summed E-state index contributed by atoms with van der Waals surface area (Å²) in [6.07, 6.45) is 3.12. The maximum Gasteiger partial charge on any atom is 0.214 e. The Labute approximate surface area is 88.8 Å². The molecule has 1 aliphatic rings. The number of nitrogens with two attached hydrogens (primary N) is 1. The van der Waals surface area contributed by atoms with E-state index in [9.17, 15) is 8.42 Å². The maximum atomic E-state index is 11.5. The van der Waals surface area contributed by atoms with Crippen molar-refractivity contribution >= 4 is 15.8 Å². The average molecular weight is 227 g/mol. The molecule has 82 valence electrons. The number of nitrogens with one attached hydrogen (secondary N) is 1. The molecule has 0 saturated heterocycles. The van der Waals surface area contributed by atoms with E-state index in [4.69, 9.17) is 5.73 Å². The van der Waals surface area contributed by atoms with E-state index in [1.54, 1.807) is 18.3 Å². The molecule has 6 heteroatoms. The molecule has 15 heavy (non-hydrogen) atoms. The van der Waals surface area contributed by atoms with Crippen LogP contribution in [0.1, 0.15) is 18.4 Å². The van der Waals surface area contributed by atoms with Crippen LogP contribution in [0, 0.1) is 0 Å². The van der Waals surface area contributed by atoms with Crippen molar-refractivity contribution in [2.75, 3.05) is 5.73 Å². The van der Waals surface area contributed by atoms with Crippen LogP contribution in [-0.2, 0) is 16.6 Å². The fourth-order valence-electron chi connectivity index (χ4n) is 1.22. The van der Waals surface area contributed by atoms with Crippen molar-refractivity contribution in [3.8, 4) is 0 Å². The molecule has 1 aliphatic carbocycles. The molecule has 5 nitrogen and oxygen atoms in total. The van der Waals surface area contributed by atoms with Gasteiger partial charge in [0.1, 0.15) is 5.82 Å². The molecule has 1 fully saturated rings. The Morgan fingerprint density at radius 3 is 2.73 bits per heavy atom. The zero-order valence-corrected chi connectivity index (χ0v) is 9.00. The van der Waals surface area contributed by atoms with E-state index in [1.165, 1.54) is 0 Å². The molecule has 1 saturated carbocycles. The minimum atomic E-state index is -3.10. The summed E-state index contributed by atoms with van der Waals surface area (Å²) < 4.78 is 25.5. The van der Waals surface area contributed by atoms with Crippen molar-refractivity contribution in [3.05, 3.63) is 23.9 Å². The van der Waals surface area contributed by atoms with Crippen molar-refractivity contribution in [3.63, 3.8) is 0 Å². The quantitative estimate of drug-likeness (QED) is 0.772. The second-order valence-corrected chi connectivity index (χ2v) is 5.70. The third-order valence-electron chi connectivity index (χ3n) is 2.29. The first-order valence-electron chi connectivity index (χ1n) is 4.77. The first-order valence-corrected chi connectivity index (χ1v) is 6.31. The van der Waals surface area contributed by atoms with Gasteiger partial charge in [-0.3, -0.25) is 0 Å². The van der Waals surface area contributed by atoms with Crippen molar-refractivity contribution in [1.82, 2.24) is 9.71 Å². The molecule has 0 bridgehead atoms. The minimum absolute atomic E-state index is 0.181. The molecule has 0 aromatic carbocycles. The van der Waals surface area contributed by atoms with Crippen LogP contribution in [0.15, 0.2) is 18.3 Å². The second kappa shape index (κ2) is 3.79. The van der Waals surface area contributed by atoms with E-state index >= 15 is 0 Å². The van der Waals surface area contributed by atoms with E-state index < -0.39 is 10.0 Å². The van der Waals surface area contributed by atoms with Crippen LogP contribution in [-0.4, -0.2) is 18.7 Å². The van der Waals surface area contributed by atoms with Crippen LogP contribution in [0.5, 0.6) is 0 Å². The number of anilines is 1. The van der Waals surface area contributed by atoms with Crippen LogP contribution in [0.3, 0.4) is 0 Å². The number of nitrogen functional groups attached to an aromatic ring is 1. The normalized spacial score (nSPS) is 16.5. The maximum absolute atomic E-state index is 11.5. The van der Waals surface area contributed by atoms with Crippen LogP contribution in [0.4, 0.5) is 5.82 Å². The summed E-state index contributed by atoms with van der Waals surface area (Å²) in [5.74, 6) is 0.434. The van der Waals surface area contributed by atoms with Gasteiger partial charge in [-0.2, -0.15) is 0 Å². The predicted octanol–water partition coefficient (Wildman–Crippen LogP) is 0.246. The molecule has 0 radical (unpaired) electrons. The fourth-order valence-corrected chi connectivity index (χ4v) is 2.58. The van der Waals surface area contributed by atoms with Gasteiger partial charge < -0.3 is 5.73 Å². The number of pyridine rings is 1. The smallest absolute Gasteiger partial charge is 0.214 e. The predicted molar refractivity (Wildman–Crippen MR) is 57.4 cm³/mol. The fraction of sp³-hybridized carbons (Fsp3) is 0.444. The summed E-state index contributed by atoms with van der Waals surface area (Å²) >= 11 is 0. The van der Waals surface area contributed by atoms with Crippen LogP contribution < -0.4 is 10.5 Å². The molecule has 0 aliphatic heterocycles. The highest BCUT2D eigenvalue weighted by molar-refractivity contribution is 7.90. The third-order valence-corrected chi connectivity index (χ3v) is 4.18. The zero-order chi connectivity index (χ0) is 10.9. The number of hydrogen-bond acceptors (Lipinski definition) is 4. The summed E-state index contributed by atoms with van der Waals surface area (Å²) in [7, 11) is -3.10. The van der Waals surface area contributed by atoms with E-state index in [0.717, 1.165) is 18.4 Å². The van der Waals surface area contributed by atoms with E-state index in [1.807, 2.05) is 0 Å². The molecule has 1 aromatic heterocycles. The lowest BCUT2D eigenvalue weighted by Gasteiger charge is -2.04. The Bertz CT molecular complexity index is 437. The summed E-state index contributed by atoms with van der Waals surface area (Å²) in [5.41, 5.74) is 6.23. The van der Waals surface area contributed by atoms with Gasteiger partial charge in [0.05, 0.1) is 5.25 Å². The van der Waals surface area contributed by atoms with Crippen LogP contribution >= 0.6 is 0 Å². The Morgan fingerprint density at radius 2 is 2.20 bits per heavy atom. The Kier molecular flexibility index (Phi) is 2.62. The Morgan fingerprint density at radius 1 is 1.47 bits per heavy atom. The molecule has 2 rings (SSSR count). The highest BCUT2D eigenvalue weighted by Crippen LogP contribution is 2.27. The highest BCUT2D eigenvalue weighted by Gasteiger charge is 2.35. The number of aromatic nitrogens is 1. The third kappa shape index (κ3) is 2.66. The molecule has 0 spiro atoms. The van der Waals surface area contributed by atoms with Gasteiger partial charge >= 0.3 is 0 Å². The number of hydrogen-bond donors (Lipinski definition) is 2. The summed E-state index contributed by atoms with van der Waals surface area (Å²) in [5, 5.41) is -0.181. The molecule has 0 unspecified atom stereocenters. The second-order valence-electron chi connectivity index (χ2n) is 3.66. The van der Waals surface area contributed by atoms with Gasteiger partial charge in [0.25, 0.3) is 0 Å². The lowest BCUT2D eigenvalue weighted by molar-refractivity contribution is 0.580. The largest absolute Gasteiger partial charge is 0.384 e. The Hall–Kier alpha value is -1.14. The van der Waals surface area contributed by atoms with E-state index in [0.29, 0.717) is 5.82 Å². The molecule has 1 heterocycles. The zero-order valence-electron chi connectivity index (χ0n) is 8.18. The summed E-state index contributed by atoms with van der Waals surface area (Å²) in [4.78, 5) is 3.88. The van der Waals surface area contributed by atoms with Crippen LogP contribution in [0.25, 0.3) is 0 Å². The van der Waals surface area contributed by atoms with E-state index in [-0.39, 0.29) is 11.8 Å². The van der Waals surface area contributed by atoms with Crippen molar-refractivity contribution in [2.45, 2.75) is 24.6 Å².